The third-order valence-electron chi connectivity index (χ3n) is 3.11. The van der Waals surface area contributed by atoms with E-state index in [2.05, 4.69) is 31.2 Å². The van der Waals surface area contributed by atoms with Gasteiger partial charge in [-0.2, -0.15) is 0 Å². The van der Waals surface area contributed by atoms with Gasteiger partial charge in [0.15, 0.2) is 0 Å². The topological polar surface area (TPSA) is 56.3 Å². The number of nitrogens with zero attached hydrogens (tertiary/aromatic N) is 2. The zero-order chi connectivity index (χ0) is 14.2. The fourth-order valence-electron chi connectivity index (χ4n) is 1.84. The number of ether oxygens (including phenoxy) is 2. The van der Waals surface area contributed by atoms with Crippen LogP contribution >= 0.6 is 15.9 Å². The molecular weight excluding hydrogens is 322 g/mol. The summed E-state index contributed by atoms with van der Waals surface area (Å²) in [6, 6.07) is 1.93. The van der Waals surface area contributed by atoms with Gasteiger partial charge >= 0.3 is 0 Å². The molecule has 6 heteroatoms. The van der Waals surface area contributed by atoms with E-state index < -0.39 is 0 Å². The van der Waals surface area contributed by atoms with E-state index in [1.54, 1.807) is 7.11 Å². The lowest BCUT2D eigenvalue weighted by Crippen LogP contribution is -2.08. The monoisotopic (exact) mass is 343 g/mol. The zero-order valence-corrected chi connectivity index (χ0v) is 13.5. The van der Waals surface area contributed by atoms with Crippen molar-refractivity contribution in [3.05, 3.63) is 16.5 Å². The van der Waals surface area contributed by atoms with Crippen LogP contribution in [0.25, 0.3) is 0 Å². The molecule has 2 rings (SSSR count). The van der Waals surface area contributed by atoms with Gasteiger partial charge in [0.1, 0.15) is 16.2 Å². The largest absolute Gasteiger partial charge is 0.382 e. The quantitative estimate of drug-likeness (QED) is 0.522. The van der Waals surface area contributed by atoms with Crippen molar-refractivity contribution in [1.29, 1.82) is 0 Å². The minimum atomic E-state index is 0.572. The molecule has 1 aliphatic rings. The first-order chi connectivity index (χ1) is 9.79. The molecule has 0 amide bonds. The molecule has 0 spiro atoms. The number of rotatable bonds is 10. The molecule has 1 N–H and O–H groups in total. The number of halogens is 1. The molecule has 1 fully saturated rings. The SMILES string of the molecule is COCCOCCCCNc1cc(Br)nc(C2CC2)n1. The first-order valence-electron chi connectivity index (χ1n) is 7.14. The van der Waals surface area contributed by atoms with E-state index in [4.69, 9.17) is 9.47 Å². The average molecular weight is 344 g/mol. The highest BCUT2D eigenvalue weighted by Gasteiger charge is 2.27. The summed E-state index contributed by atoms with van der Waals surface area (Å²) >= 11 is 3.44. The van der Waals surface area contributed by atoms with E-state index in [9.17, 15) is 0 Å². The summed E-state index contributed by atoms with van der Waals surface area (Å²) in [4.78, 5) is 8.97. The molecule has 1 saturated carbocycles. The third-order valence-corrected chi connectivity index (χ3v) is 3.51. The van der Waals surface area contributed by atoms with Crippen LogP contribution in [0.1, 0.15) is 37.4 Å². The molecule has 1 aromatic rings. The summed E-state index contributed by atoms with van der Waals surface area (Å²) in [6.07, 6.45) is 4.54. The van der Waals surface area contributed by atoms with E-state index in [1.165, 1.54) is 12.8 Å². The summed E-state index contributed by atoms with van der Waals surface area (Å²) in [5.41, 5.74) is 0. The predicted molar refractivity (Wildman–Crippen MR) is 82.1 cm³/mol. The highest BCUT2D eigenvalue weighted by Crippen LogP contribution is 2.38. The second-order valence-electron chi connectivity index (χ2n) is 4.95. The van der Waals surface area contributed by atoms with Crippen molar-refractivity contribution >= 4 is 21.7 Å². The van der Waals surface area contributed by atoms with E-state index in [1.807, 2.05) is 6.07 Å². The molecule has 0 unspecified atom stereocenters. The van der Waals surface area contributed by atoms with Crippen LogP contribution in [0.3, 0.4) is 0 Å². The Morgan fingerprint density at radius 1 is 1.25 bits per heavy atom. The fraction of sp³-hybridized carbons (Fsp3) is 0.714. The maximum absolute atomic E-state index is 5.42. The smallest absolute Gasteiger partial charge is 0.135 e. The molecular formula is C14H22BrN3O2. The van der Waals surface area contributed by atoms with Gasteiger partial charge in [0.2, 0.25) is 0 Å². The third kappa shape index (κ3) is 5.73. The standard InChI is InChI=1S/C14H22BrN3O2/c1-19-8-9-20-7-3-2-6-16-13-10-12(15)17-14(18-13)11-4-5-11/h10-11H,2-9H2,1H3,(H,16,17,18). The lowest BCUT2D eigenvalue weighted by atomic mass is 10.3. The molecule has 0 saturated heterocycles. The van der Waals surface area contributed by atoms with Crippen molar-refractivity contribution in [1.82, 2.24) is 9.97 Å². The summed E-state index contributed by atoms with van der Waals surface area (Å²) in [5.74, 6) is 2.45. The van der Waals surface area contributed by atoms with Gasteiger partial charge in [0, 0.05) is 32.2 Å². The van der Waals surface area contributed by atoms with Gasteiger partial charge in [-0.25, -0.2) is 9.97 Å². The summed E-state index contributed by atoms with van der Waals surface area (Å²) < 4.78 is 11.2. The molecule has 112 valence electrons. The number of hydrogen-bond donors (Lipinski definition) is 1. The number of aromatic nitrogens is 2. The van der Waals surface area contributed by atoms with E-state index in [0.717, 1.165) is 42.2 Å². The van der Waals surface area contributed by atoms with Crippen LogP contribution in [0.15, 0.2) is 10.7 Å². The highest BCUT2D eigenvalue weighted by atomic mass is 79.9. The first kappa shape index (κ1) is 15.7. The minimum absolute atomic E-state index is 0.572. The molecule has 1 aliphatic carbocycles. The molecule has 0 atom stereocenters. The van der Waals surface area contributed by atoms with E-state index >= 15 is 0 Å². The van der Waals surface area contributed by atoms with Crippen LogP contribution in [-0.4, -0.2) is 43.4 Å². The van der Waals surface area contributed by atoms with Crippen molar-refractivity contribution in [2.24, 2.45) is 0 Å². The Hall–Kier alpha value is -0.720. The molecule has 1 aromatic heterocycles. The first-order valence-corrected chi connectivity index (χ1v) is 7.94. The molecule has 0 aromatic carbocycles. The number of unbranched alkanes of at least 4 members (excludes halogenated alkanes) is 1. The van der Waals surface area contributed by atoms with E-state index in [0.29, 0.717) is 19.1 Å². The van der Waals surface area contributed by atoms with Crippen LogP contribution in [0.4, 0.5) is 5.82 Å². The van der Waals surface area contributed by atoms with Crippen LogP contribution < -0.4 is 5.32 Å². The van der Waals surface area contributed by atoms with Crippen molar-refractivity contribution < 1.29 is 9.47 Å². The van der Waals surface area contributed by atoms with Gasteiger partial charge < -0.3 is 14.8 Å². The summed E-state index contributed by atoms with van der Waals surface area (Å²) in [6.45, 7) is 3.03. The van der Waals surface area contributed by atoms with Gasteiger partial charge in [0.05, 0.1) is 13.2 Å². The van der Waals surface area contributed by atoms with Crippen molar-refractivity contribution in [2.45, 2.75) is 31.6 Å². The number of methoxy groups -OCH3 is 1. The van der Waals surface area contributed by atoms with Gasteiger partial charge in [-0.05, 0) is 41.6 Å². The maximum atomic E-state index is 5.42. The van der Waals surface area contributed by atoms with Gasteiger partial charge in [-0.15, -0.1) is 0 Å². The predicted octanol–water partition coefficient (Wildman–Crippen LogP) is 2.97. The normalized spacial score (nSPS) is 14.5. The molecule has 5 nitrogen and oxygen atoms in total. The van der Waals surface area contributed by atoms with Crippen LogP contribution in [0, 0.1) is 0 Å². The Bertz CT molecular complexity index is 413. The summed E-state index contributed by atoms with van der Waals surface area (Å²) in [5, 5.41) is 3.35. The Labute approximate surface area is 128 Å². The van der Waals surface area contributed by atoms with Gasteiger partial charge in [0.25, 0.3) is 0 Å². The van der Waals surface area contributed by atoms with Crippen molar-refractivity contribution in [3.63, 3.8) is 0 Å². The Morgan fingerprint density at radius 3 is 2.85 bits per heavy atom. The Kier molecular flexibility index (Phi) is 6.69. The van der Waals surface area contributed by atoms with E-state index in [-0.39, 0.29) is 0 Å². The lowest BCUT2D eigenvalue weighted by Gasteiger charge is -2.08. The van der Waals surface area contributed by atoms with Crippen LogP contribution in [0.2, 0.25) is 0 Å². The average Bonchev–Trinajstić information content (AvgIpc) is 3.26. The van der Waals surface area contributed by atoms with Crippen molar-refractivity contribution in [3.8, 4) is 0 Å². The molecule has 20 heavy (non-hydrogen) atoms. The van der Waals surface area contributed by atoms with Crippen molar-refractivity contribution in [2.75, 3.05) is 38.8 Å². The molecule has 1 heterocycles. The number of nitrogens with one attached hydrogen (secondary N) is 1. The van der Waals surface area contributed by atoms with Gasteiger partial charge in [-0.1, -0.05) is 0 Å². The molecule has 0 radical (unpaired) electrons. The maximum Gasteiger partial charge on any atom is 0.135 e. The Morgan fingerprint density at radius 2 is 2.10 bits per heavy atom. The summed E-state index contributed by atoms with van der Waals surface area (Å²) in [7, 11) is 1.68. The minimum Gasteiger partial charge on any atom is -0.382 e. The second kappa shape index (κ2) is 8.54. The lowest BCUT2D eigenvalue weighted by molar-refractivity contribution is 0.0691. The van der Waals surface area contributed by atoms with Gasteiger partial charge in [-0.3, -0.25) is 0 Å². The highest BCUT2D eigenvalue weighted by molar-refractivity contribution is 9.10. The molecule has 0 aliphatic heterocycles. The number of hydrogen-bond acceptors (Lipinski definition) is 5. The van der Waals surface area contributed by atoms with Crippen LogP contribution in [0.5, 0.6) is 0 Å². The fourth-order valence-corrected chi connectivity index (χ4v) is 2.24. The van der Waals surface area contributed by atoms with Crippen LogP contribution in [-0.2, 0) is 9.47 Å². The zero-order valence-electron chi connectivity index (χ0n) is 11.9. The Balaban J connectivity index is 1.61. The second-order valence-corrected chi connectivity index (χ2v) is 5.76. The molecule has 0 bridgehead atoms. The number of anilines is 1.